The lowest BCUT2D eigenvalue weighted by molar-refractivity contribution is -0.141. The van der Waals surface area contributed by atoms with Crippen molar-refractivity contribution in [1.29, 1.82) is 0 Å². The maximum absolute atomic E-state index is 12.1. The molecule has 0 spiro atoms. The molecular formula is C18H12Cl2N2O4. The minimum absolute atomic E-state index is 0.00680. The Labute approximate surface area is 157 Å². The Hall–Kier alpha value is -2.57. The van der Waals surface area contributed by atoms with Crippen molar-refractivity contribution in [1.82, 2.24) is 4.98 Å². The first-order valence-electron chi connectivity index (χ1n) is 7.81. The van der Waals surface area contributed by atoms with Crippen molar-refractivity contribution in [2.24, 2.45) is 5.92 Å². The summed E-state index contributed by atoms with van der Waals surface area (Å²) in [5.74, 6) is -1.58. The summed E-state index contributed by atoms with van der Waals surface area (Å²) < 4.78 is 5.79. The molecule has 0 aliphatic carbocycles. The number of oxazole rings is 1. The number of anilines is 1. The number of carboxylic acid groups (broad SMARTS) is 1. The van der Waals surface area contributed by atoms with E-state index >= 15 is 0 Å². The van der Waals surface area contributed by atoms with Crippen molar-refractivity contribution >= 4 is 51.9 Å². The summed E-state index contributed by atoms with van der Waals surface area (Å²) in [6, 6.07) is 10.1. The van der Waals surface area contributed by atoms with Crippen molar-refractivity contribution in [3.8, 4) is 11.5 Å². The van der Waals surface area contributed by atoms with Crippen LogP contribution >= 0.6 is 23.2 Å². The van der Waals surface area contributed by atoms with Gasteiger partial charge in [0.2, 0.25) is 11.8 Å². The molecule has 1 atom stereocenters. The molecule has 3 aromatic rings. The summed E-state index contributed by atoms with van der Waals surface area (Å²) in [6.07, 6.45) is -0.00680. The number of aliphatic carboxylic acids is 1. The number of rotatable bonds is 3. The monoisotopic (exact) mass is 390 g/mol. The average molecular weight is 391 g/mol. The summed E-state index contributed by atoms with van der Waals surface area (Å²) in [7, 11) is 0. The summed E-state index contributed by atoms with van der Waals surface area (Å²) >= 11 is 12.2. The maximum atomic E-state index is 12.1. The maximum Gasteiger partial charge on any atom is 0.308 e. The number of hydrogen-bond acceptors (Lipinski definition) is 4. The number of amides is 1. The van der Waals surface area contributed by atoms with E-state index in [0.29, 0.717) is 38.3 Å². The number of carbonyl (C=O) groups is 2. The van der Waals surface area contributed by atoms with Crippen molar-refractivity contribution in [2.45, 2.75) is 6.42 Å². The van der Waals surface area contributed by atoms with E-state index in [1.807, 2.05) is 0 Å². The van der Waals surface area contributed by atoms with Crippen LogP contribution < -0.4 is 4.90 Å². The third-order valence-corrected chi connectivity index (χ3v) is 4.88. The zero-order valence-corrected chi connectivity index (χ0v) is 14.8. The van der Waals surface area contributed by atoms with Crippen molar-refractivity contribution in [3.05, 3.63) is 46.4 Å². The van der Waals surface area contributed by atoms with Gasteiger partial charge in [-0.05, 0) is 30.3 Å². The minimum Gasteiger partial charge on any atom is -0.481 e. The molecule has 1 N–H and O–H groups in total. The van der Waals surface area contributed by atoms with E-state index in [1.165, 1.54) is 4.90 Å². The number of carboxylic acids is 1. The molecule has 1 fully saturated rings. The molecule has 1 saturated heterocycles. The SMILES string of the molecule is O=C(O)[C@H]1CC(=O)N(c2ccc3nc(-c4cc(Cl)ccc4Cl)oc3c2)C1. The zero-order chi connectivity index (χ0) is 18.4. The van der Waals surface area contributed by atoms with Gasteiger partial charge in [-0.25, -0.2) is 4.98 Å². The molecule has 26 heavy (non-hydrogen) atoms. The van der Waals surface area contributed by atoms with Gasteiger partial charge in [0.1, 0.15) is 5.52 Å². The summed E-state index contributed by atoms with van der Waals surface area (Å²) in [6.45, 7) is 0.140. The Balaban J connectivity index is 1.72. The summed E-state index contributed by atoms with van der Waals surface area (Å²) in [5.41, 5.74) is 2.22. The van der Waals surface area contributed by atoms with E-state index in [0.717, 1.165) is 0 Å². The molecule has 0 bridgehead atoms. The molecular weight excluding hydrogens is 379 g/mol. The quantitative estimate of drug-likeness (QED) is 0.722. The number of halogens is 2. The van der Waals surface area contributed by atoms with Gasteiger partial charge in [-0.2, -0.15) is 0 Å². The van der Waals surface area contributed by atoms with Crippen LogP contribution in [0.4, 0.5) is 5.69 Å². The van der Waals surface area contributed by atoms with Gasteiger partial charge in [-0.1, -0.05) is 23.2 Å². The van der Waals surface area contributed by atoms with E-state index in [4.69, 9.17) is 32.7 Å². The molecule has 8 heteroatoms. The summed E-state index contributed by atoms with van der Waals surface area (Å²) in [4.78, 5) is 29.1. The van der Waals surface area contributed by atoms with Gasteiger partial charge in [0.25, 0.3) is 0 Å². The lowest BCUT2D eigenvalue weighted by Gasteiger charge is -2.15. The minimum atomic E-state index is -0.973. The normalized spacial score (nSPS) is 17.2. The Morgan fingerprint density at radius 1 is 1.23 bits per heavy atom. The molecule has 2 aromatic carbocycles. The highest BCUT2D eigenvalue weighted by molar-refractivity contribution is 6.35. The fourth-order valence-corrected chi connectivity index (χ4v) is 3.35. The van der Waals surface area contributed by atoms with Gasteiger partial charge in [-0.3, -0.25) is 9.59 Å². The van der Waals surface area contributed by atoms with E-state index in [2.05, 4.69) is 4.98 Å². The molecule has 132 valence electrons. The van der Waals surface area contributed by atoms with Gasteiger partial charge in [0, 0.05) is 29.7 Å². The van der Waals surface area contributed by atoms with Crippen molar-refractivity contribution < 1.29 is 19.1 Å². The molecule has 1 aliphatic rings. The van der Waals surface area contributed by atoms with Crippen LogP contribution in [-0.4, -0.2) is 28.5 Å². The second kappa shape index (κ2) is 6.30. The predicted octanol–water partition coefficient (Wildman–Crippen LogP) is 4.24. The highest BCUT2D eigenvalue weighted by atomic mass is 35.5. The molecule has 0 unspecified atom stereocenters. The van der Waals surface area contributed by atoms with Gasteiger partial charge in [0.15, 0.2) is 5.58 Å². The first-order chi connectivity index (χ1) is 12.4. The third kappa shape index (κ3) is 2.91. The van der Waals surface area contributed by atoms with E-state index in [1.54, 1.807) is 36.4 Å². The number of carbonyl (C=O) groups excluding carboxylic acids is 1. The largest absolute Gasteiger partial charge is 0.481 e. The van der Waals surface area contributed by atoms with E-state index in [-0.39, 0.29) is 18.9 Å². The smallest absolute Gasteiger partial charge is 0.308 e. The van der Waals surface area contributed by atoms with Crippen LogP contribution in [0.25, 0.3) is 22.6 Å². The van der Waals surface area contributed by atoms with E-state index in [9.17, 15) is 9.59 Å². The molecule has 0 radical (unpaired) electrons. The molecule has 4 rings (SSSR count). The second-order valence-electron chi connectivity index (χ2n) is 6.04. The summed E-state index contributed by atoms with van der Waals surface area (Å²) in [5, 5.41) is 10.1. The molecule has 1 amide bonds. The number of fused-ring (bicyclic) bond motifs is 1. The van der Waals surface area contributed by atoms with Crippen LogP contribution in [0.3, 0.4) is 0 Å². The number of benzene rings is 2. The lowest BCUT2D eigenvalue weighted by Crippen LogP contribution is -2.25. The van der Waals surface area contributed by atoms with Gasteiger partial charge in [0.05, 0.1) is 16.5 Å². The van der Waals surface area contributed by atoms with Gasteiger partial charge >= 0.3 is 5.97 Å². The highest BCUT2D eigenvalue weighted by Crippen LogP contribution is 2.34. The van der Waals surface area contributed by atoms with Gasteiger partial charge < -0.3 is 14.4 Å². The van der Waals surface area contributed by atoms with Crippen molar-refractivity contribution in [3.63, 3.8) is 0 Å². The lowest BCUT2D eigenvalue weighted by atomic mass is 10.1. The molecule has 2 heterocycles. The Morgan fingerprint density at radius 3 is 2.77 bits per heavy atom. The van der Waals surface area contributed by atoms with Crippen LogP contribution in [-0.2, 0) is 9.59 Å². The van der Waals surface area contributed by atoms with Crippen LogP contribution in [0.1, 0.15) is 6.42 Å². The standard InChI is InChI=1S/C18H12Cl2N2O4/c19-10-1-3-13(20)12(6-10)17-21-14-4-2-11(7-15(14)26-17)22-8-9(18(24)25)5-16(22)23/h1-4,6-7,9H,5,8H2,(H,24,25)/t9-/m0/s1. The zero-order valence-electron chi connectivity index (χ0n) is 13.3. The van der Waals surface area contributed by atoms with Crippen molar-refractivity contribution in [2.75, 3.05) is 11.4 Å². The number of aromatic nitrogens is 1. The van der Waals surface area contributed by atoms with Crippen LogP contribution in [0.15, 0.2) is 40.8 Å². The predicted molar refractivity (Wildman–Crippen MR) is 97.6 cm³/mol. The molecule has 1 aliphatic heterocycles. The molecule has 0 saturated carbocycles. The number of nitrogens with zero attached hydrogens (tertiary/aromatic N) is 2. The Bertz CT molecular complexity index is 1050. The van der Waals surface area contributed by atoms with Crippen LogP contribution in [0.2, 0.25) is 10.0 Å². The Morgan fingerprint density at radius 2 is 2.04 bits per heavy atom. The third-order valence-electron chi connectivity index (χ3n) is 4.32. The molecule has 1 aromatic heterocycles. The average Bonchev–Trinajstić information content (AvgIpc) is 3.19. The fraction of sp³-hybridized carbons (Fsp3) is 0.167. The molecule has 6 nitrogen and oxygen atoms in total. The highest BCUT2D eigenvalue weighted by Gasteiger charge is 2.35. The van der Waals surface area contributed by atoms with Gasteiger partial charge in [-0.15, -0.1) is 0 Å². The Kier molecular flexibility index (Phi) is 4.09. The number of hydrogen-bond donors (Lipinski definition) is 1. The van der Waals surface area contributed by atoms with E-state index < -0.39 is 11.9 Å². The topological polar surface area (TPSA) is 83.6 Å². The fourth-order valence-electron chi connectivity index (χ4n) is 2.98. The first-order valence-corrected chi connectivity index (χ1v) is 8.57. The first kappa shape index (κ1) is 16.9. The second-order valence-corrected chi connectivity index (χ2v) is 6.88. The van der Waals surface area contributed by atoms with Crippen LogP contribution in [0, 0.1) is 5.92 Å². The van der Waals surface area contributed by atoms with Crippen LogP contribution in [0.5, 0.6) is 0 Å².